The van der Waals surface area contributed by atoms with E-state index < -0.39 is 20.3 Å². The number of carbonyl (C=O) groups excluding carboxylic acids is 1. The predicted molar refractivity (Wildman–Crippen MR) is 123 cm³/mol. The van der Waals surface area contributed by atoms with Crippen LogP contribution in [0.4, 0.5) is 5.69 Å². The first-order chi connectivity index (χ1) is 15.2. The highest BCUT2D eigenvalue weighted by molar-refractivity contribution is 9.10. The van der Waals surface area contributed by atoms with Crippen LogP contribution in [0.5, 0.6) is 11.5 Å². The largest absolute Gasteiger partial charge is 0.493 e. The summed E-state index contributed by atoms with van der Waals surface area (Å²) in [5, 5.41) is 2.83. The van der Waals surface area contributed by atoms with Gasteiger partial charge in [-0.3, -0.25) is 9.59 Å². The molecular weight excluding hydrogens is 522 g/mol. The quantitative estimate of drug-likeness (QED) is 0.330. The molecule has 1 amide bonds. The Morgan fingerprint density at radius 1 is 1.12 bits per heavy atom. The van der Waals surface area contributed by atoms with Crippen LogP contribution in [-0.2, 0) is 14.6 Å². The van der Waals surface area contributed by atoms with E-state index in [1.54, 1.807) is 24.3 Å². The van der Waals surface area contributed by atoms with Crippen molar-refractivity contribution in [2.45, 2.75) is 14.9 Å². The minimum absolute atomic E-state index is 0.0270. The second-order valence-corrected chi connectivity index (χ2v) is 10.0. The Morgan fingerprint density at radius 3 is 2.44 bits per heavy atom. The summed E-state index contributed by atoms with van der Waals surface area (Å²) in [7, 11) is -1.35. The highest BCUT2D eigenvalue weighted by Crippen LogP contribution is 2.31. The lowest BCUT2D eigenvalue weighted by molar-refractivity contribution is -0.113. The summed E-state index contributed by atoms with van der Waals surface area (Å²) in [5.41, 5.74) is -0.220. The topological polar surface area (TPSA) is 127 Å². The van der Waals surface area contributed by atoms with Gasteiger partial charge in [0.25, 0.3) is 5.56 Å². The second kappa shape index (κ2) is 10.2. The number of halogens is 1. The molecule has 2 aromatic carbocycles. The number of hydrogen-bond donors (Lipinski definition) is 2. The molecule has 9 nitrogen and oxygen atoms in total. The Morgan fingerprint density at radius 2 is 1.81 bits per heavy atom. The molecule has 0 spiro atoms. The molecule has 1 aromatic heterocycles. The normalized spacial score (nSPS) is 11.1. The van der Waals surface area contributed by atoms with Gasteiger partial charge in [0.1, 0.15) is 0 Å². The first kappa shape index (κ1) is 23.8. The van der Waals surface area contributed by atoms with Crippen LogP contribution in [0.1, 0.15) is 0 Å². The number of hydrogen-bond acceptors (Lipinski definition) is 8. The van der Waals surface area contributed by atoms with E-state index in [-0.39, 0.29) is 27.5 Å². The zero-order valence-corrected chi connectivity index (χ0v) is 20.1. The van der Waals surface area contributed by atoms with Crippen LogP contribution >= 0.6 is 27.7 Å². The average Bonchev–Trinajstić information content (AvgIpc) is 2.78. The Labute approximate surface area is 196 Å². The Balaban J connectivity index is 1.73. The molecule has 0 saturated heterocycles. The van der Waals surface area contributed by atoms with Crippen molar-refractivity contribution in [2.75, 3.05) is 25.3 Å². The molecule has 0 bridgehead atoms. The summed E-state index contributed by atoms with van der Waals surface area (Å²) >= 11 is 4.29. The van der Waals surface area contributed by atoms with Crippen LogP contribution in [0.25, 0.3) is 0 Å². The number of aromatic amines is 1. The lowest BCUT2D eigenvalue weighted by Gasteiger charge is -2.10. The van der Waals surface area contributed by atoms with Crippen LogP contribution in [0.15, 0.2) is 72.9 Å². The molecular formula is C20H18BrN3O6S2. The van der Waals surface area contributed by atoms with Crippen LogP contribution in [0.2, 0.25) is 0 Å². The number of thioether (sulfide) groups is 1. The lowest BCUT2D eigenvalue weighted by Crippen LogP contribution is -2.20. The summed E-state index contributed by atoms with van der Waals surface area (Å²) < 4.78 is 36.9. The summed E-state index contributed by atoms with van der Waals surface area (Å²) in [6.07, 6.45) is 0.972. The van der Waals surface area contributed by atoms with Gasteiger partial charge in [0, 0.05) is 16.2 Å². The molecule has 0 radical (unpaired) electrons. The molecule has 0 saturated carbocycles. The van der Waals surface area contributed by atoms with E-state index in [1.807, 2.05) is 0 Å². The number of sulfone groups is 1. The number of ether oxygens (including phenoxy) is 2. The number of benzene rings is 2. The predicted octanol–water partition coefficient (Wildman–Crippen LogP) is 3.11. The molecule has 0 aliphatic carbocycles. The van der Waals surface area contributed by atoms with E-state index in [2.05, 4.69) is 31.2 Å². The molecule has 12 heteroatoms. The summed E-state index contributed by atoms with van der Waals surface area (Å²) in [5.74, 6) is 0.233. The van der Waals surface area contributed by atoms with Crippen molar-refractivity contribution in [2.24, 2.45) is 0 Å². The van der Waals surface area contributed by atoms with Gasteiger partial charge in [-0.1, -0.05) is 27.7 Å². The van der Waals surface area contributed by atoms with Gasteiger partial charge in [0.05, 0.1) is 31.1 Å². The van der Waals surface area contributed by atoms with Gasteiger partial charge in [0.15, 0.2) is 21.6 Å². The van der Waals surface area contributed by atoms with Gasteiger partial charge >= 0.3 is 0 Å². The molecule has 0 fully saturated rings. The number of carbonyl (C=O) groups is 1. The highest BCUT2D eigenvalue weighted by atomic mass is 79.9. The minimum Gasteiger partial charge on any atom is -0.493 e. The van der Waals surface area contributed by atoms with E-state index >= 15 is 0 Å². The van der Waals surface area contributed by atoms with Crippen molar-refractivity contribution in [3.05, 3.63) is 63.5 Å². The first-order valence-corrected chi connectivity index (χ1v) is 12.3. The number of anilines is 1. The molecule has 0 aliphatic heterocycles. The second-order valence-electron chi connectivity index (χ2n) is 6.25. The molecule has 32 heavy (non-hydrogen) atoms. The zero-order chi connectivity index (χ0) is 23.3. The van der Waals surface area contributed by atoms with Gasteiger partial charge in [-0.2, -0.15) is 0 Å². The van der Waals surface area contributed by atoms with Crippen LogP contribution in [0.3, 0.4) is 0 Å². The molecule has 2 N–H and O–H groups in total. The monoisotopic (exact) mass is 539 g/mol. The minimum atomic E-state index is -4.15. The maximum atomic E-state index is 12.9. The van der Waals surface area contributed by atoms with Gasteiger partial charge in [-0.05, 0) is 36.4 Å². The van der Waals surface area contributed by atoms with Gasteiger partial charge in [-0.15, -0.1) is 0 Å². The number of amides is 1. The first-order valence-electron chi connectivity index (χ1n) is 8.99. The molecule has 0 atom stereocenters. The van der Waals surface area contributed by atoms with Crippen LogP contribution in [0, 0.1) is 0 Å². The number of nitrogens with one attached hydrogen (secondary N) is 2. The maximum Gasteiger partial charge on any atom is 0.270 e. The summed E-state index contributed by atoms with van der Waals surface area (Å²) in [6.45, 7) is 0. The lowest BCUT2D eigenvalue weighted by atomic mass is 10.3. The molecule has 1 heterocycles. The van der Waals surface area contributed by atoms with Gasteiger partial charge in [-0.25, -0.2) is 13.4 Å². The third kappa shape index (κ3) is 5.50. The number of rotatable bonds is 8. The number of H-pyrrole nitrogens is 1. The average molecular weight is 540 g/mol. The highest BCUT2D eigenvalue weighted by Gasteiger charge is 2.24. The van der Waals surface area contributed by atoms with Crippen molar-refractivity contribution in [3.63, 3.8) is 0 Å². The molecule has 168 valence electrons. The third-order valence-corrected chi connectivity index (χ3v) is 7.33. The van der Waals surface area contributed by atoms with E-state index in [9.17, 15) is 18.0 Å². The van der Waals surface area contributed by atoms with Crippen molar-refractivity contribution < 1.29 is 22.7 Å². The van der Waals surface area contributed by atoms with E-state index in [1.165, 1.54) is 32.4 Å². The Kier molecular flexibility index (Phi) is 7.59. The van der Waals surface area contributed by atoms with E-state index in [0.717, 1.165) is 22.4 Å². The molecule has 3 aromatic rings. The number of aromatic nitrogens is 2. The fourth-order valence-electron chi connectivity index (χ4n) is 2.61. The van der Waals surface area contributed by atoms with Crippen LogP contribution in [-0.4, -0.2) is 44.3 Å². The van der Waals surface area contributed by atoms with E-state index in [0.29, 0.717) is 11.4 Å². The van der Waals surface area contributed by atoms with Crippen molar-refractivity contribution >= 4 is 49.1 Å². The van der Waals surface area contributed by atoms with Crippen molar-refractivity contribution in [1.29, 1.82) is 0 Å². The summed E-state index contributed by atoms with van der Waals surface area (Å²) in [6, 6.07) is 11.1. The number of nitrogens with zero attached hydrogens (tertiary/aromatic N) is 1. The Hall–Kier alpha value is -2.83. The van der Waals surface area contributed by atoms with Crippen LogP contribution < -0.4 is 20.3 Å². The Bertz CT molecular complexity index is 1290. The fourth-order valence-corrected chi connectivity index (χ4v) is 4.75. The van der Waals surface area contributed by atoms with Gasteiger partial charge in [0.2, 0.25) is 15.7 Å². The SMILES string of the molecule is COc1ccc(S(=O)(=O)c2cnc(SCC(=O)Nc3ccc(Br)cc3)[nH]c2=O)cc1OC. The standard InChI is InChI=1S/C20H18BrN3O6S2/c1-29-15-8-7-14(9-16(15)30-2)32(27,28)17-10-22-20(24-19(17)26)31-11-18(25)23-13-5-3-12(21)4-6-13/h3-10H,11H2,1-2H3,(H,23,25)(H,22,24,26). The number of methoxy groups -OCH3 is 2. The fraction of sp³-hybridized carbons (Fsp3) is 0.150. The smallest absolute Gasteiger partial charge is 0.270 e. The molecule has 0 unspecified atom stereocenters. The third-order valence-electron chi connectivity index (χ3n) is 4.17. The van der Waals surface area contributed by atoms with Crippen molar-refractivity contribution in [3.8, 4) is 11.5 Å². The maximum absolute atomic E-state index is 12.9. The van der Waals surface area contributed by atoms with E-state index in [4.69, 9.17) is 9.47 Å². The summed E-state index contributed by atoms with van der Waals surface area (Å²) in [4.78, 5) is 30.3. The van der Waals surface area contributed by atoms with Gasteiger partial charge < -0.3 is 19.8 Å². The zero-order valence-electron chi connectivity index (χ0n) is 16.9. The molecule has 0 aliphatic rings. The molecule has 3 rings (SSSR count). The van der Waals surface area contributed by atoms with Crippen molar-refractivity contribution in [1.82, 2.24) is 9.97 Å².